The molecule has 1 aliphatic rings. The SMILES string of the molecule is C[C@H](CNC(=O)N1CCS(=O)(=O)C[C@H](C)C1)Cc1cccs1. The van der Waals surface area contributed by atoms with Gasteiger partial charge in [0.05, 0.1) is 11.5 Å². The molecule has 2 rings (SSSR count). The molecule has 1 aromatic rings. The van der Waals surface area contributed by atoms with Crippen molar-refractivity contribution in [2.24, 2.45) is 11.8 Å². The van der Waals surface area contributed by atoms with E-state index in [4.69, 9.17) is 0 Å². The van der Waals surface area contributed by atoms with Gasteiger partial charge in [-0.1, -0.05) is 19.9 Å². The van der Waals surface area contributed by atoms with E-state index in [9.17, 15) is 13.2 Å². The van der Waals surface area contributed by atoms with Crippen molar-refractivity contribution in [3.8, 4) is 0 Å². The number of amides is 2. The van der Waals surface area contributed by atoms with E-state index in [1.807, 2.05) is 13.0 Å². The number of nitrogens with zero attached hydrogens (tertiary/aromatic N) is 1. The van der Waals surface area contributed by atoms with Crippen LogP contribution < -0.4 is 5.32 Å². The molecule has 124 valence electrons. The predicted molar refractivity (Wildman–Crippen MR) is 90.0 cm³/mol. The van der Waals surface area contributed by atoms with Gasteiger partial charge in [0.15, 0.2) is 9.84 Å². The first kappa shape index (κ1) is 17.3. The quantitative estimate of drug-likeness (QED) is 0.908. The van der Waals surface area contributed by atoms with Crippen LogP contribution in [0.1, 0.15) is 18.7 Å². The molecule has 0 spiro atoms. The second-order valence-electron chi connectivity index (χ2n) is 6.24. The average molecular weight is 345 g/mol. The van der Waals surface area contributed by atoms with E-state index in [1.165, 1.54) is 4.88 Å². The molecule has 2 atom stereocenters. The lowest BCUT2D eigenvalue weighted by Gasteiger charge is -2.23. The van der Waals surface area contributed by atoms with Crippen molar-refractivity contribution in [1.29, 1.82) is 0 Å². The van der Waals surface area contributed by atoms with Crippen molar-refractivity contribution in [3.63, 3.8) is 0 Å². The van der Waals surface area contributed by atoms with E-state index in [-0.39, 0.29) is 30.0 Å². The van der Waals surface area contributed by atoms with Gasteiger partial charge < -0.3 is 10.2 Å². The zero-order chi connectivity index (χ0) is 16.2. The summed E-state index contributed by atoms with van der Waals surface area (Å²) in [6.07, 6.45) is 0.947. The Labute approximate surface area is 136 Å². The Morgan fingerprint density at radius 2 is 2.32 bits per heavy atom. The van der Waals surface area contributed by atoms with Crippen LogP contribution in [0.15, 0.2) is 17.5 Å². The third-order valence-corrected chi connectivity index (χ3v) is 6.54. The van der Waals surface area contributed by atoms with Crippen LogP contribution in [0, 0.1) is 11.8 Å². The molecule has 0 aromatic carbocycles. The van der Waals surface area contributed by atoms with E-state index < -0.39 is 9.84 Å². The van der Waals surface area contributed by atoms with Gasteiger partial charge in [0.2, 0.25) is 0 Å². The molecule has 1 aliphatic heterocycles. The summed E-state index contributed by atoms with van der Waals surface area (Å²) in [6.45, 7) is 5.38. The maximum Gasteiger partial charge on any atom is 0.317 e. The Kier molecular flexibility index (Phi) is 5.86. The highest BCUT2D eigenvalue weighted by Crippen LogP contribution is 2.14. The third kappa shape index (κ3) is 5.28. The van der Waals surface area contributed by atoms with Crippen LogP contribution in [0.25, 0.3) is 0 Å². The van der Waals surface area contributed by atoms with Crippen LogP contribution in [0.3, 0.4) is 0 Å². The van der Waals surface area contributed by atoms with Crippen LogP contribution in [-0.4, -0.2) is 50.5 Å². The Morgan fingerprint density at radius 1 is 1.55 bits per heavy atom. The first-order valence-corrected chi connectivity index (χ1v) is 10.3. The van der Waals surface area contributed by atoms with Crippen LogP contribution in [-0.2, 0) is 16.3 Å². The smallest absolute Gasteiger partial charge is 0.317 e. The maximum atomic E-state index is 12.2. The van der Waals surface area contributed by atoms with Crippen molar-refractivity contribution < 1.29 is 13.2 Å². The van der Waals surface area contributed by atoms with Crippen LogP contribution >= 0.6 is 11.3 Å². The summed E-state index contributed by atoms with van der Waals surface area (Å²) >= 11 is 1.73. The van der Waals surface area contributed by atoms with Gasteiger partial charge in [0.1, 0.15) is 0 Å². The van der Waals surface area contributed by atoms with E-state index in [2.05, 4.69) is 23.7 Å². The van der Waals surface area contributed by atoms with Crippen molar-refractivity contribution in [2.75, 3.05) is 31.1 Å². The van der Waals surface area contributed by atoms with Crippen LogP contribution in [0.2, 0.25) is 0 Å². The Hall–Kier alpha value is -1.08. The molecule has 0 radical (unpaired) electrons. The van der Waals surface area contributed by atoms with Gasteiger partial charge >= 0.3 is 6.03 Å². The van der Waals surface area contributed by atoms with Gasteiger partial charge in [0.25, 0.3) is 0 Å². The lowest BCUT2D eigenvalue weighted by molar-refractivity contribution is 0.194. The summed E-state index contributed by atoms with van der Waals surface area (Å²) in [6, 6.07) is 3.98. The summed E-state index contributed by atoms with van der Waals surface area (Å²) in [4.78, 5) is 15.2. The second kappa shape index (κ2) is 7.46. The Morgan fingerprint density at radius 3 is 3.00 bits per heavy atom. The zero-order valence-electron chi connectivity index (χ0n) is 13.1. The molecule has 7 heteroatoms. The zero-order valence-corrected chi connectivity index (χ0v) is 14.8. The number of carbonyl (C=O) groups excluding carboxylic acids is 1. The third-order valence-electron chi connectivity index (χ3n) is 3.76. The minimum Gasteiger partial charge on any atom is -0.338 e. The van der Waals surface area contributed by atoms with Crippen LogP contribution in [0.4, 0.5) is 4.79 Å². The van der Waals surface area contributed by atoms with Crippen LogP contribution in [0.5, 0.6) is 0 Å². The van der Waals surface area contributed by atoms with Gasteiger partial charge in [0, 0.05) is 24.5 Å². The minimum absolute atomic E-state index is 0.0122. The molecule has 22 heavy (non-hydrogen) atoms. The summed E-state index contributed by atoms with van der Waals surface area (Å²) in [7, 11) is -3.02. The lowest BCUT2D eigenvalue weighted by Crippen LogP contribution is -2.44. The number of hydrogen-bond acceptors (Lipinski definition) is 4. The van der Waals surface area contributed by atoms with E-state index in [1.54, 1.807) is 16.2 Å². The monoisotopic (exact) mass is 344 g/mol. The van der Waals surface area contributed by atoms with Crippen molar-refractivity contribution in [1.82, 2.24) is 10.2 Å². The van der Waals surface area contributed by atoms with Gasteiger partial charge in [-0.2, -0.15) is 0 Å². The molecular formula is C15H24N2O3S2. The second-order valence-corrected chi connectivity index (χ2v) is 9.50. The Balaban J connectivity index is 1.81. The fourth-order valence-electron chi connectivity index (χ4n) is 2.69. The number of nitrogens with one attached hydrogen (secondary N) is 1. The van der Waals surface area contributed by atoms with E-state index in [0.29, 0.717) is 19.0 Å². The summed E-state index contributed by atoms with van der Waals surface area (Å²) in [5.41, 5.74) is 0. The normalized spacial score (nSPS) is 22.8. The number of sulfone groups is 1. The first-order chi connectivity index (χ1) is 10.4. The maximum absolute atomic E-state index is 12.2. The molecule has 1 fully saturated rings. The minimum atomic E-state index is -3.02. The number of carbonyl (C=O) groups is 1. The van der Waals surface area contributed by atoms with Gasteiger partial charge in [-0.05, 0) is 29.7 Å². The topological polar surface area (TPSA) is 66.5 Å². The highest BCUT2D eigenvalue weighted by Gasteiger charge is 2.26. The van der Waals surface area contributed by atoms with Crippen molar-refractivity contribution >= 4 is 27.2 Å². The van der Waals surface area contributed by atoms with Gasteiger partial charge in [-0.25, -0.2) is 13.2 Å². The largest absolute Gasteiger partial charge is 0.338 e. The molecular weight excluding hydrogens is 320 g/mol. The van der Waals surface area contributed by atoms with Crippen molar-refractivity contribution in [3.05, 3.63) is 22.4 Å². The molecule has 5 nitrogen and oxygen atoms in total. The molecule has 0 unspecified atom stereocenters. The molecule has 2 amide bonds. The molecule has 1 aromatic heterocycles. The summed E-state index contributed by atoms with van der Waals surface area (Å²) in [5, 5.41) is 4.99. The van der Waals surface area contributed by atoms with E-state index >= 15 is 0 Å². The number of rotatable bonds is 4. The fourth-order valence-corrected chi connectivity index (χ4v) is 5.20. The lowest BCUT2D eigenvalue weighted by atomic mass is 10.1. The molecule has 0 saturated carbocycles. The first-order valence-electron chi connectivity index (χ1n) is 7.61. The summed E-state index contributed by atoms with van der Waals surface area (Å²) < 4.78 is 23.5. The molecule has 0 bridgehead atoms. The van der Waals surface area contributed by atoms with Crippen molar-refractivity contribution in [2.45, 2.75) is 20.3 Å². The van der Waals surface area contributed by atoms with Gasteiger partial charge in [-0.3, -0.25) is 0 Å². The predicted octanol–water partition coefficient (Wildman–Crippen LogP) is 2.00. The number of hydrogen-bond donors (Lipinski definition) is 1. The van der Waals surface area contributed by atoms with Gasteiger partial charge in [-0.15, -0.1) is 11.3 Å². The Bertz CT molecular complexity index is 584. The average Bonchev–Trinajstić information content (AvgIpc) is 2.87. The fraction of sp³-hybridized carbons (Fsp3) is 0.667. The molecule has 1 N–H and O–H groups in total. The highest BCUT2D eigenvalue weighted by molar-refractivity contribution is 7.91. The molecule has 2 heterocycles. The number of urea groups is 1. The molecule has 0 aliphatic carbocycles. The number of thiophene rings is 1. The standard InChI is InChI=1S/C15H24N2O3S2/c1-12(8-14-4-3-6-21-14)9-16-15(18)17-5-7-22(19,20)11-13(2)10-17/h3-4,6,12-13H,5,7-11H2,1-2H3,(H,16,18)/t12-,13+/m0/s1. The summed E-state index contributed by atoms with van der Waals surface area (Å²) in [5.74, 6) is 0.582. The van der Waals surface area contributed by atoms with E-state index in [0.717, 1.165) is 6.42 Å². The highest BCUT2D eigenvalue weighted by atomic mass is 32.2. The molecule has 1 saturated heterocycles.